The second kappa shape index (κ2) is 2.59. The van der Waals surface area contributed by atoms with Crippen molar-refractivity contribution in [3.63, 3.8) is 0 Å². The van der Waals surface area contributed by atoms with Gasteiger partial charge >= 0.3 is 5.97 Å². The Hall–Kier alpha value is -1.31. The van der Waals surface area contributed by atoms with Gasteiger partial charge < -0.3 is 4.74 Å². The lowest BCUT2D eigenvalue weighted by molar-refractivity contribution is -0.141. The highest BCUT2D eigenvalue weighted by atomic mass is 16.5. The van der Waals surface area contributed by atoms with Crippen LogP contribution in [0.25, 0.3) is 0 Å². The lowest BCUT2D eigenvalue weighted by Crippen LogP contribution is -2.04. The standard InChI is InChI=1S/C12H12O2/c1-7-2-4-8(5-3-7)10-9-6-14-12(13)11(9)10/h2-5,9-11H,6H2,1H3/t9-,10-,11-/m1/s1. The van der Waals surface area contributed by atoms with Crippen LogP contribution >= 0.6 is 0 Å². The summed E-state index contributed by atoms with van der Waals surface area (Å²) in [5, 5.41) is 0. The summed E-state index contributed by atoms with van der Waals surface area (Å²) in [6.45, 7) is 2.70. The number of esters is 1. The van der Waals surface area contributed by atoms with Gasteiger partial charge in [0.1, 0.15) is 0 Å². The summed E-state index contributed by atoms with van der Waals surface area (Å²) in [4.78, 5) is 11.2. The van der Waals surface area contributed by atoms with Crippen LogP contribution in [0, 0.1) is 18.8 Å². The van der Waals surface area contributed by atoms with Crippen LogP contribution in [0.15, 0.2) is 24.3 Å². The fourth-order valence-electron chi connectivity index (χ4n) is 2.42. The molecular weight excluding hydrogens is 176 g/mol. The van der Waals surface area contributed by atoms with Crippen molar-refractivity contribution in [1.29, 1.82) is 0 Å². The molecule has 3 rings (SSSR count). The fraction of sp³-hybridized carbons (Fsp3) is 0.417. The highest BCUT2D eigenvalue weighted by molar-refractivity contribution is 5.80. The average molecular weight is 188 g/mol. The Morgan fingerprint density at radius 1 is 1.21 bits per heavy atom. The van der Waals surface area contributed by atoms with Crippen LogP contribution in [0.1, 0.15) is 17.0 Å². The molecule has 0 N–H and O–H groups in total. The second-order valence-electron chi connectivity index (χ2n) is 4.26. The number of carbonyl (C=O) groups excluding carboxylic acids is 1. The summed E-state index contributed by atoms with van der Waals surface area (Å²) >= 11 is 0. The third-order valence-electron chi connectivity index (χ3n) is 3.32. The van der Waals surface area contributed by atoms with E-state index < -0.39 is 0 Å². The molecule has 0 spiro atoms. The molecule has 1 aliphatic carbocycles. The monoisotopic (exact) mass is 188 g/mol. The summed E-state index contributed by atoms with van der Waals surface area (Å²) in [5.41, 5.74) is 2.56. The molecule has 1 saturated carbocycles. The van der Waals surface area contributed by atoms with Crippen molar-refractivity contribution in [3.05, 3.63) is 35.4 Å². The Morgan fingerprint density at radius 2 is 1.93 bits per heavy atom. The second-order valence-corrected chi connectivity index (χ2v) is 4.26. The van der Waals surface area contributed by atoms with Gasteiger partial charge in [-0.1, -0.05) is 29.8 Å². The Bertz CT molecular complexity index is 380. The number of ether oxygens (including phenoxy) is 1. The van der Waals surface area contributed by atoms with Crippen molar-refractivity contribution in [2.45, 2.75) is 12.8 Å². The normalized spacial score (nSPS) is 33.8. The molecule has 0 aromatic heterocycles. The lowest BCUT2D eigenvalue weighted by atomic mass is 10.1. The van der Waals surface area contributed by atoms with Crippen molar-refractivity contribution in [2.24, 2.45) is 11.8 Å². The Balaban J connectivity index is 1.86. The molecule has 2 heteroatoms. The SMILES string of the molecule is Cc1ccc([C@@H]2[C@H]3COC(=O)[C@H]32)cc1. The first-order valence-corrected chi connectivity index (χ1v) is 5.00. The summed E-state index contributed by atoms with van der Waals surface area (Å²) in [6.07, 6.45) is 0. The average Bonchev–Trinajstić information content (AvgIpc) is 2.79. The van der Waals surface area contributed by atoms with Crippen LogP contribution in [-0.4, -0.2) is 12.6 Å². The molecule has 14 heavy (non-hydrogen) atoms. The minimum absolute atomic E-state index is 0.000532. The topological polar surface area (TPSA) is 26.3 Å². The van der Waals surface area contributed by atoms with Gasteiger partial charge in [0.15, 0.2) is 0 Å². The van der Waals surface area contributed by atoms with Crippen LogP contribution in [0.3, 0.4) is 0 Å². The molecule has 0 unspecified atom stereocenters. The van der Waals surface area contributed by atoms with E-state index in [-0.39, 0.29) is 11.9 Å². The minimum Gasteiger partial charge on any atom is -0.465 e. The van der Waals surface area contributed by atoms with Gasteiger partial charge in [-0.2, -0.15) is 0 Å². The van der Waals surface area contributed by atoms with Gasteiger partial charge in [0.05, 0.1) is 12.5 Å². The molecular formula is C12H12O2. The molecule has 1 aliphatic heterocycles. The maximum Gasteiger partial charge on any atom is 0.310 e. The van der Waals surface area contributed by atoms with E-state index in [9.17, 15) is 4.79 Å². The number of aryl methyl sites for hydroxylation is 1. The van der Waals surface area contributed by atoms with Gasteiger partial charge in [-0.15, -0.1) is 0 Å². The molecule has 1 aromatic carbocycles. The first-order valence-electron chi connectivity index (χ1n) is 5.00. The van der Waals surface area contributed by atoms with Crippen LogP contribution in [0.4, 0.5) is 0 Å². The van der Waals surface area contributed by atoms with Gasteiger partial charge in [-0.25, -0.2) is 0 Å². The van der Waals surface area contributed by atoms with E-state index in [1.54, 1.807) is 0 Å². The Labute approximate surface area is 82.9 Å². The van der Waals surface area contributed by atoms with Gasteiger partial charge in [-0.3, -0.25) is 4.79 Å². The third-order valence-corrected chi connectivity index (χ3v) is 3.32. The molecule has 3 atom stereocenters. The molecule has 2 aliphatic rings. The van der Waals surface area contributed by atoms with Crippen LogP contribution in [-0.2, 0) is 9.53 Å². The van der Waals surface area contributed by atoms with E-state index >= 15 is 0 Å². The minimum atomic E-state index is 0.000532. The van der Waals surface area contributed by atoms with Crippen LogP contribution in [0.2, 0.25) is 0 Å². The Morgan fingerprint density at radius 3 is 2.50 bits per heavy atom. The lowest BCUT2D eigenvalue weighted by Gasteiger charge is -2.04. The number of hydrogen-bond acceptors (Lipinski definition) is 2. The van der Waals surface area contributed by atoms with Crippen molar-refractivity contribution in [1.82, 2.24) is 0 Å². The van der Waals surface area contributed by atoms with Crippen molar-refractivity contribution < 1.29 is 9.53 Å². The third kappa shape index (κ3) is 0.999. The van der Waals surface area contributed by atoms with Gasteiger partial charge in [0.2, 0.25) is 0 Å². The highest BCUT2D eigenvalue weighted by Gasteiger charge is 2.60. The van der Waals surface area contributed by atoms with Crippen LogP contribution in [0.5, 0.6) is 0 Å². The largest absolute Gasteiger partial charge is 0.465 e. The summed E-state index contributed by atoms with van der Waals surface area (Å²) < 4.78 is 4.95. The van der Waals surface area contributed by atoms with Gasteiger partial charge in [0.25, 0.3) is 0 Å². The number of hydrogen-bond donors (Lipinski definition) is 0. The smallest absolute Gasteiger partial charge is 0.310 e. The molecule has 0 bridgehead atoms. The first kappa shape index (κ1) is 8.04. The molecule has 1 aromatic rings. The van der Waals surface area contributed by atoms with Crippen molar-refractivity contribution in [3.8, 4) is 0 Å². The quantitative estimate of drug-likeness (QED) is 0.629. The fourth-order valence-corrected chi connectivity index (χ4v) is 2.42. The summed E-state index contributed by atoms with van der Waals surface area (Å²) in [7, 11) is 0. The maximum absolute atomic E-state index is 11.2. The number of benzene rings is 1. The number of fused-ring (bicyclic) bond motifs is 1. The zero-order chi connectivity index (χ0) is 9.71. The zero-order valence-corrected chi connectivity index (χ0v) is 8.07. The van der Waals surface area contributed by atoms with E-state index in [0.29, 0.717) is 18.4 Å². The zero-order valence-electron chi connectivity index (χ0n) is 8.07. The van der Waals surface area contributed by atoms with E-state index in [1.807, 2.05) is 0 Å². The van der Waals surface area contributed by atoms with Crippen molar-refractivity contribution >= 4 is 5.97 Å². The van der Waals surface area contributed by atoms with Gasteiger partial charge in [-0.05, 0) is 12.5 Å². The van der Waals surface area contributed by atoms with Crippen molar-refractivity contribution in [2.75, 3.05) is 6.61 Å². The molecule has 1 heterocycles. The van der Waals surface area contributed by atoms with E-state index in [0.717, 1.165) is 0 Å². The molecule has 2 fully saturated rings. The van der Waals surface area contributed by atoms with E-state index in [4.69, 9.17) is 4.74 Å². The predicted octanol–water partition coefficient (Wildman–Crippen LogP) is 1.88. The number of carbonyl (C=O) groups is 1. The number of cyclic esters (lactones) is 1. The summed E-state index contributed by atoms with van der Waals surface area (Å²) in [6, 6.07) is 8.47. The predicted molar refractivity (Wildman–Crippen MR) is 51.9 cm³/mol. The molecule has 1 saturated heterocycles. The number of rotatable bonds is 1. The maximum atomic E-state index is 11.2. The molecule has 0 amide bonds. The molecule has 0 radical (unpaired) electrons. The molecule has 72 valence electrons. The summed E-state index contributed by atoms with van der Waals surface area (Å²) in [5.74, 6) is 1.07. The van der Waals surface area contributed by atoms with Gasteiger partial charge in [0, 0.05) is 11.8 Å². The highest BCUT2D eigenvalue weighted by Crippen LogP contribution is 2.57. The Kier molecular flexibility index (Phi) is 1.49. The van der Waals surface area contributed by atoms with Crippen LogP contribution < -0.4 is 0 Å². The van der Waals surface area contributed by atoms with E-state index in [1.165, 1.54) is 11.1 Å². The van der Waals surface area contributed by atoms with E-state index in [2.05, 4.69) is 31.2 Å². The molecule has 2 nitrogen and oxygen atoms in total. The first-order chi connectivity index (χ1) is 6.77.